The summed E-state index contributed by atoms with van der Waals surface area (Å²) in [6.45, 7) is 0.371. The van der Waals surface area contributed by atoms with Gasteiger partial charge in [-0.1, -0.05) is 29.8 Å². The van der Waals surface area contributed by atoms with Crippen molar-refractivity contribution in [2.75, 3.05) is 0 Å². The Hall–Kier alpha value is -3.12. The lowest BCUT2D eigenvalue weighted by molar-refractivity contribution is 0.0951. The van der Waals surface area contributed by atoms with Gasteiger partial charge in [-0.2, -0.15) is 5.10 Å². The first-order chi connectivity index (χ1) is 12.2. The Morgan fingerprint density at radius 2 is 2.08 bits per heavy atom. The van der Waals surface area contributed by atoms with E-state index in [0.29, 0.717) is 22.8 Å². The molecule has 0 radical (unpaired) electrons. The van der Waals surface area contributed by atoms with Crippen LogP contribution in [0.15, 0.2) is 54.9 Å². The first kappa shape index (κ1) is 15.4. The SMILES string of the molecule is O=C(NCc1ccccc1Cl)c1c[nH]c(-c2[nH]nc3ncccc23)c1. The van der Waals surface area contributed by atoms with E-state index in [1.807, 2.05) is 30.3 Å². The van der Waals surface area contributed by atoms with Crippen molar-refractivity contribution >= 4 is 28.5 Å². The number of fused-ring (bicyclic) bond motifs is 1. The fourth-order valence-electron chi connectivity index (χ4n) is 2.64. The second-order valence-electron chi connectivity index (χ2n) is 5.55. The number of nitrogens with one attached hydrogen (secondary N) is 3. The number of amides is 1. The molecule has 3 heterocycles. The molecule has 4 rings (SSSR count). The van der Waals surface area contributed by atoms with Crippen LogP contribution in [0.2, 0.25) is 5.02 Å². The largest absolute Gasteiger partial charge is 0.359 e. The molecule has 0 aliphatic rings. The van der Waals surface area contributed by atoms with Gasteiger partial charge >= 0.3 is 0 Å². The van der Waals surface area contributed by atoms with Gasteiger partial charge in [0.2, 0.25) is 0 Å². The molecule has 0 aliphatic heterocycles. The molecule has 1 aromatic carbocycles. The van der Waals surface area contributed by atoms with Gasteiger partial charge in [0.1, 0.15) is 0 Å². The van der Waals surface area contributed by atoms with E-state index in [-0.39, 0.29) is 5.91 Å². The first-order valence-corrected chi connectivity index (χ1v) is 8.09. The van der Waals surface area contributed by atoms with Gasteiger partial charge in [-0.15, -0.1) is 0 Å². The number of aromatic amines is 2. The summed E-state index contributed by atoms with van der Waals surface area (Å²) in [5.41, 5.74) is 3.62. The van der Waals surface area contributed by atoms with Crippen molar-refractivity contribution in [1.29, 1.82) is 0 Å². The summed E-state index contributed by atoms with van der Waals surface area (Å²) in [4.78, 5) is 19.7. The molecule has 0 bridgehead atoms. The topological polar surface area (TPSA) is 86.5 Å². The molecule has 3 aromatic heterocycles. The highest BCUT2D eigenvalue weighted by molar-refractivity contribution is 6.31. The summed E-state index contributed by atoms with van der Waals surface area (Å²) >= 11 is 6.11. The lowest BCUT2D eigenvalue weighted by Crippen LogP contribution is -2.22. The molecule has 0 spiro atoms. The monoisotopic (exact) mass is 351 g/mol. The van der Waals surface area contributed by atoms with E-state index in [0.717, 1.165) is 22.3 Å². The molecule has 7 heteroatoms. The van der Waals surface area contributed by atoms with Crippen LogP contribution in [0.25, 0.3) is 22.4 Å². The third kappa shape index (κ3) is 2.99. The minimum absolute atomic E-state index is 0.177. The summed E-state index contributed by atoms with van der Waals surface area (Å²) in [5, 5.41) is 11.5. The van der Waals surface area contributed by atoms with Gasteiger partial charge < -0.3 is 10.3 Å². The van der Waals surface area contributed by atoms with Crippen molar-refractivity contribution in [3.8, 4) is 11.4 Å². The highest BCUT2D eigenvalue weighted by Crippen LogP contribution is 2.24. The maximum Gasteiger partial charge on any atom is 0.253 e. The third-order valence-electron chi connectivity index (χ3n) is 3.94. The van der Waals surface area contributed by atoms with E-state index >= 15 is 0 Å². The Balaban J connectivity index is 1.53. The van der Waals surface area contributed by atoms with Crippen LogP contribution in [-0.4, -0.2) is 26.1 Å². The number of carbonyl (C=O) groups is 1. The Kier molecular flexibility index (Phi) is 3.95. The van der Waals surface area contributed by atoms with E-state index < -0.39 is 0 Å². The minimum atomic E-state index is -0.177. The number of pyridine rings is 1. The lowest BCUT2D eigenvalue weighted by Gasteiger charge is -2.05. The van der Waals surface area contributed by atoms with Gasteiger partial charge in [-0.25, -0.2) is 4.98 Å². The van der Waals surface area contributed by atoms with Gasteiger partial charge in [-0.05, 0) is 29.8 Å². The summed E-state index contributed by atoms with van der Waals surface area (Å²) < 4.78 is 0. The van der Waals surface area contributed by atoms with E-state index in [4.69, 9.17) is 11.6 Å². The molecule has 4 aromatic rings. The molecule has 0 saturated heterocycles. The van der Waals surface area contributed by atoms with Crippen LogP contribution in [0.4, 0.5) is 0 Å². The Morgan fingerprint density at radius 1 is 1.20 bits per heavy atom. The number of hydrogen-bond donors (Lipinski definition) is 3. The van der Waals surface area contributed by atoms with Crippen LogP contribution in [0, 0.1) is 0 Å². The maximum absolute atomic E-state index is 12.4. The fourth-order valence-corrected chi connectivity index (χ4v) is 2.85. The smallest absolute Gasteiger partial charge is 0.253 e. The summed E-state index contributed by atoms with van der Waals surface area (Å²) in [6.07, 6.45) is 3.36. The van der Waals surface area contributed by atoms with Gasteiger partial charge in [-0.3, -0.25) is 9.89 Å². The number of halogens is 1. The number of H-pyrrole nitrogens is 2. The zero-order chi connectivity index (χ0) is 17.2. The number of benzene rings is 1. The molecule has 0 unspecified atom stereocenters. The zero-order valence-corrected chi connectivity index (χ0v) is 13.8. The fraction of sp³-hybridized carbons (Fsp3) is 0.0556. The highest BCUT2D eigenvalue weighted by Gasteiger charge is 2.13. The van der Waals surface area contributed by atoms with E-state index in [2.05, 4.69) is 25.5 Å². The van der Waals surface area contributed by atoms with Crippen molar-refractivity contribution in [3.05, 3.63) is 71.0 Å². The maximum atomic E-state index is 12.4. The van der Waals surface area contributed by atoms with E-state index in [9.17, 15) is 4.79 Å². The molecule has 0 saturated carbocycles. The van der Waals surface area contributed by atoms with Crippen LogP contribution < -0.4 is 5.32 Å². The number of aromatic nitrogens is 4. The second kappa shape index (κ2) is 6.41. The molecule has 0 aliphatic carbocycles. The number of hydrogen-bond acceptors (Lipinski definition) is 3. The molecule has 3 N–H and O–H groups in total. The number of nitrogens with zero attached hydrogens (tertiary/aromatic N) is 2. The quantitative estimate of drug-likeness (QED) is 0.525. The normalized spacial score (nSPS) is 10.9. The van der Waals surface area contributed by atoms with Gasteiger partial charge in [0, 0.05) is 29.3 Å². The Labute approximate surface area is 148 Å². The molecular formula is C18H14ClN5O. The Morgan fingerprint density at radius 3 is 2.96 bits per heavy atom. The average molecular weight is 352 g/mol. The van der Waals surface area contributed by atoms with E-state index in [1.54, 1.807) is 24.5 Å². The summed E-state index contributed by atoms with van der Waals surface area (Å²) in [5.74, 6) is -0.177. The molecule has 0 fully saturated rings. The van der Waals surface area contributed by atoms with Crippen molar-refractivity contribution in [1.82, 2.24) is 25.5 Å². The van der Waals surface area contributed by atoms with E-state index in [1.165, 1.54) is 0 Å². The average Bonchev–Trinajstić information content (AvgIpc) is 3.27. The molecule has 25 heavy (non-hydrogen) atoms. The molecule has 124 valence electrons. The van der Waals surface area contributed by atoms with Crippen molar-refractivity contribution < 1.29 is 4.79 Å². The summed E-state index contributed by atoms with van der Waals surface area (Å²) in [6, 6.07) is 13.0. The Bertz CT molecular complexity index is 1050. The van der Waals surface area contributed by atoms with Crippen LogP contribution in [0.3, 0.4) is 0 Å². The van der Waals surface area contributed by atoms with Crippen LogP contribution in [0.5, 0.6) is 0 Å². The van der Waals surface area contributed by atoms with Gasteiger partial charge in [0.15, 0.2) is 5.65 Å². The third-order valence-corrected chi connectivity index (χ3v) is 4.31. The first-order valence-electron chi connectivity index (χ1n) is 7.72. The van der Waals surface area contributed by atoms with Gasteiger partial charge in [0.05, 0.1) is 17.0 Å². The van der Waals surface area contributed by atoms with Crippen LogP contribution >= 0.6 is 11.6 Å². The second-order valence-corrected chi connectivity index (χ2v) is 5.96. The van der Waals surface area contributed by atoms with Crippen LogP contribution in [0.1, 0.15) is 15.9 Å². The van der Waals surface area contributed by atoms with Gasteiger partial charge in [0.25, 0.3) is 5.91 Å². The lowest BCUT2D eigenvalue weighted by atomic mass is 10.2. The minimum Gasteiger partial charge on any atom is -0.359 e. The zero-order valence-electron chi connectivity index (χ0n) is 13.1. The van der Waals surface area contributed by atoms with Crippen molar-refractivity contribution in [2.24, 2.45) is 0 Å². The van der Waals surface area contributed by atoms with Crippen molar-refractivity contribution in [3.63, 3.8) is 0 Å². The summed E-state index contributed by atoms with van der Waals surface area (Å²) in [7, 11) is 0. The predicted molar refractivity (Wildman–Crippen MR) is 96.3 cm³/mol. The molecular weight excluding hydrogens is 338 g/mol. The molecule has 1 amide bonds. The number of carbonyl (C=O) groups excluding carboxylic acids is 1. The predicted octanol–water partition coefficient (Wildman–Crippen LogP) is 3.54. The molecule has 6 nitrogen and oxygen atoms in total. The standard InChI is InChI=1S/C18H14ClN5O/c19-14-6-2-1-4-11(14)9-22-18(25)12-8-15(21-10-12)16-13-5-3-7-20-17(13)24-23-16/h1-8,10,21H,9H2,(H,22,25)(H,20,23,24). The van der Waals surface area contributed by atoms with Crippen molar-refractivity contribution in [2.45, 2.75) is 6.54 Å². The number of rotatable bonds is 4. The van der Waals surface area contributed by atoms with Crippen LogP contribution in [-0.2, 0) is 6.54 Å². The highest BCUT2D eigenvalue weighted by atomic mass is 35.5. The molecule has 0 atom stereocenters.